The quantitative estimate of drug-likeness (QED) is 0.727. The zero-order valence-electron chi connectivity index (χ0n) is 15.9. The number of hydrogen-bond donors (Lipinski definition) is 2. The second-order valence-corrected chi connectivity index (χ2v) is 7.56. The number of carbonyl (C=O) groups excluding carboxylic acids is 2. The summed E-state index contributed by atoms with van der Waals surface area (Å²) in [5, 5.41) is 0. The zero-order valence-corrected chi connectivity index (χ0v) is 16.7. The lowest BCUT2D eigenvalue weighted by atomic mass is 10.1. The van der Waals surface area contributed by atoms with Crippen LogP contribution in [-0.4, -0.2) is 56.6 Å². The minimum Gasteiger partial charge on any atom is -0.339 e. The summed E-state index contributed by atoms with van der Waals surface area (Å²) < 4.78 is 35.2. The van der Waals surface area contributed by atoms with Crippen LogP contribution in [0.3, 0.4) is 0 Å². The minimum atomic E-state index is -2.17. The minimum absolute atomic E-state index is 0.0491. The van der Waals surface area contributed by atoms with Crippen molar-refractivity contribution in [3.8, 4) is 0 Å². The molecule has 0 radical (unpaired) electrons. The molecule has 0 bridgehead atoms. The van der Waals surface area contributed by atoms with Gasteiger partial charge in [0.15, 0.2) is 0 Å². The molecule has 7 nitrogen and oxygen atoms in total. The van der Waals surface area contributed by atoms with Crippen LogP contribution in [0.2, 0.25) is 0 Å². The molecule has 1 unspecified atom stereocenters. The number of aryl methyl sites for hydroxylation is 1. The van der Waals surface area contributed by atoms with E-state index < -0.39 is 11.3 Å². The van der Waals surface area contributed by atoms with Gasteiger partial charge in [0.2, 0.25) is 5.91 Å². The van der Waals surface area contributed by atoms with Crippen LogP contribution in [0.4, 0.5) is 10.1 Å². The zero-order chi connectivity index (χ0) is 21.0. The van der Waals surface area contributed by atoms with E-state index in [1.165, 1.54) is 12.1 Å². The van der Waals surface area contributed by atoms with Crippen molar-refractivity contribution < 1.29 is 22.7 Å². The first-order valence-electron chi connectivity index (χ1n) is 9.13. The third kappa shape index (κ3) is 5.39. The van der Waals surface area contributed by atoms with E-state index in [4.69, 9.17) is 4.55 Å². The van der Waals surface area contributed by atoms with Crippen molar-refractivity contribution >= 4 is 28.8 Å². The number of carbonyl (C=O) groups is 2. The molecule has 1 aliphatic rings. The molecule has 29 heavy (non-hydrogen) atoms. The highest BCUT2D eigenvalue weighted by Crippen LogP contribution is 2.19. The maximum atomic E-state index is 13.0. The number of nitrogens with zero attached hydrogens (tertiary/aromatic N) is 2. The van der Waals surface area contributed by atoms with E-state index in [0.29, 0.717) is 43.0 Å². The van der Waals surface area contributed by atoms with E-state index in [2.05, 4.69) is 4.72 Å². The Labute approximate surface area is 170 Å². The number of piperazine rings is 1. The lowest BCUT2D eigenvalue weighted by Crippen LogP contribution is -2.51. The van der Waals surface area contributed by atoms with E-state index in [0.717, 1.165) is 5.56 Å². The van der Waals surface area contributed by atoms with Crippen molar-refractivity contribution in [2.24, 2.45) is 0 Å². The molecule has 0 aliphatic carbocycles. The Morgan fingerprint density at radius 1 is 1.07 bits per heavy atom. The first-order valence-corrected chi connectivity index (χ1v) is 10.2. The monoisotopic (exact) mass is 419 g/mol. The number of rotatable bonds is 5. The van der Waals surface area contributed by atoms with Crippen LogP contribution in [0.1, 0.15) is 21.5 Å². The second kappa shape index (κ2) is 9.15. The fourth-order valence-electron chi connectivity index (χ4n) is 3.24. The lowest BCUT2D eigenvalue weighted by molar-refractivity contribution is -0.131. The fourth-order valence-corrected chi connectivity index (χ4v) is 3.65. The van der Waals surface area contributed by atoms with Crippen molar-refractivity contribution in [3.63, 3.8) is 0 Å². The summed E-state index contributed by atoms with van der Waals surface area (Å²) in [5.41, 5.74) is 2.41. The summed E-state index contributed by atoms with van der Waals surface area (Å²) in [6.07, 6.45) is 0.202. The summed E-state index contributed by atoms with van der Waals surface area (Å²) in [5.74, 6) is -0.528. The third-order valence-electron chi connectivity index (χ3n) is 4.86. The summed E-state index contributed by atoms with van der Waals surface area (Å²) in [7, 11) is 0. The van der Waals surface area contributed by atoms with Crippen LogP contribution in [-0.2, 0) is 22.5 Å². The fraction of sp³-hybridized carbons (Fsp3) is 0.300. The maximum absolute atomic E-state index is 13.0. The largest absolute Gasteiger partial charge is 0.339 e. The Balaban J connectivity index is 1.56. The van der Waals surface area contributed by atoms with Gasteiger partial charge < -0.3 is 9.80 Å². The standard InChI is InChI=1S/C20H22FN3O4S/c1-14-12-16(4-7-18(14)22-29(27)28)20(26)24-10-8-23(9-11-24)19(25)13-15-2-5-17(21)6-3-15/h2-7,12,22H,8-11,13H2,1H3,(H,27,28). The molecule has 2 amide bonds. The molecule has 2 N–H and O–H groups in total. The molecular formula is C20H22FN3O4S. The Bertz CT molecular complexity index is 928. The molecule has 1 atom stereocenters. The maximum Gasteiger partial charge on any atom is 0.259 e. The highest BCUT2D eigenvalue weighted by Gasteiger charge is 2.25. The van der Waals surface area contributed by atoms with Crippen molar-refractivity contribution in [1.82, 2.24) is 9.80 Å². The third-order valence-corrected chi connectivity index (χ3v) is 5.25. The van der Waals surface area contributed by atoms with E-state index in [9.17, 15) is 18.2 Å². The molecule has 0 aromatic heterocycles. The molecule has 0 saturated carbocycles. The van der Waals surface area contributed by atoms with Crippen LogP contribution in [0.25, 0.3) is 0 Å². The first kappa shape index (κ1) is 20.9. The Hall–Kier alpha value is -2.78. The summed E-state index contributed by atoms with van der Waals surface area (Å²) in [6, 6.07) is 10.7. The van der Waals surface area contributed by atoms with Gasteiger partial charge in [0.05, 0.1) is 12.1 Å². The summed E-state index contributed by atoms with van der Waals surface area (Å²) >= 11 is -2.17. The number of amides is 2. The topological polar surface area (TPSA) is 90.0 Å². The van der Waals surface area contributed by atoms with E-state index >= 15 is 0 Å². The number of benzene rings is 2. The lowest BCUT2D eigenvalue weighted by Gasteiger charge is -2.35. The Kier molecular flexibility index (Phi) is 6.60. The molecule has 1 saturated heterocycles. The van der Waals surface area contributed by atoms with Crippen LogP contribution in [0.5, 0.6) is 0 Å². The van der Waals surface area contributed by atoms with E-state index in [-0.39, 0.29) is 24.1 Å². The molecule has 154 valence electrons. The Morgan fingerprint density at radius 2 is 1.69 bits per heavy atom. The summed E-state index contributed by atoms with van der Waals surface area (Å²) in [6.45, 7) is 3.47. The van der Waals surface area contributed by atoms with Crippen molar-refractivity contribution in [3.05, 3.63) is 65.0 Å². The van der Waals surface area contributed by atoms with Crippen LogP contribution in [0, 0.1) is 12.7 Å². The molecule has 0 spiro atoms. The van der Waals surface area contributed by atoms with Gasteiger partial charge in [-0.2, -0.15) is 0 Å². The molecule has 1 heterocycles. The van der Waals surface area contributed by atoms with Gasteiger partial charge in [-0.1, -0.05) is 12.1 Å². The molecule has 2 aromatic carbocycles. The van der Waals surface area contributed by atoms with E-state index in [1.54, 1.807) is 47.1 Å². The van der Waals surface area contributed by atoms with Gasteiger partial charge in [-0.25, -0.2) is 8.60 Å². The van der Waals surface area contributed by atoms with Gasteiger partial charge in [-0.05, 0) is 48.4 Å². The smallest absolute Gasteiger partial charge is 0.259 e. The van der Waals surface area contributed by atoms with Gasteiger partial charge in [0, 0.05) is 31.7 Å². The molecule has 2 aromatic rings. The summed E-state index contributed by atoms with van der Waals surface area (Å²) in [4.78, 5) is 28.6. The van der Waals surface area contributed by atoms with Crippen molar-refractivity contribution in [2.45, 2.75) is 13.3 Å². The predicted molar refractivity (Wildman–Crippen MR) is 108 cm³/mol. The number of anilines is 1. The highest BCUT2D eigenvalue weighted by molar-refractivity contribution is 7.80. The van der Waals surface area contributed by atoms with Crippen LogP contribution < -0.4 is 4.72 Å². The van der Waals surface area contributed by atoms with Gasteiger partial charge in [-0.3, -0.25) is 18.9 Å². The molecule has 1 aliphatic heterocycles. The SMILES string of the molecule is Cc1cc(C(=O)N2CCN(C(=O)Cc3ccc(F)cc3)CC2)ccc1NS(=O)O. The number of hydrogen-bond acceptors (Lipinski definition) is 3. The molecule has 3 rings (SSSR count). The van der Waals surface area contributed by atoms with Crippen molar-refractivity contribution in [1.29, 1.82) is 0 Å². The Morgan fingerprint density at radius 3 is 2.28 bits per heavy atom. The van der Waals surface area contributed by atoms with Gasteiger partial charge >= 0.3 is 0 Å². The number of nitrogens with one attached hydrogen (secondary N) is 1. The van der Waals surface area contributed by atoms with Gasteiger partial charge in [0.1, 0.15) is 5.82 Å². The molecular weight excluding hydrogens is 397 g/mol. The van der Waals surface area contributed by atoms with Crippen molar-refractivity contribution in [2.75, 3.05) is 30.9 Å². The molecule has 9 heteroatoms. The second-order valence-electron chi connectivity index (χ2n) is 6.86. The average Bonchev–Trinajstić information content (AvgIpc) is 2.70. The predicted octanol–water partition coefficient (Wildman–Crippen LogP) is 2.21. The highest BCUT2D eigenvalue weighted by atomic mass is 32.2. The van der Waals surface area contributed by atoms with Gasteiger partial charge in [0.25, 0.3) is 17.2 Å². The first-order chi connectivity index (χ1) is 13.8. The number of halogens is 1. The van der Waals surface area contributed by atoms with E-state index in [1.807, 2.05) is 0 Å². The average molecular weight is 419 g/mol. The van der Waals surface area contributed by atoms with Gasteiger partial charge in [-0.15, -0.1) is 0 Å². The normalized spacial score (nSPS) is 15.1. The van der Waals surface area contributed by atoms with Crippen LogP contribution >= 0.6 is 0 Å². The van der Waals surface area contributed by atoms with Crippen LogP contribution in [0.15, 0.2) is 42.5 Å². The molecule has 1 fully saturated rings.